The second kappa shape index (κ2) is 7.97. The van der Waals surface area contributed by atoms with Gasteiger partial charge in [-0.1, -0.05) is 12.1 Å². The molecule has 1 N–H and O–H groups in total. The molecule has 2 aromatic carbocycles. The minimum Gasteiger partial charge on any atom is -0.493 e. The van der Waals surface area contributed by atoms with Gasteiger partial charge in [0.2, 0.25) is 5.91 Å². The zero-order valence-corrected chi connectivity index (χ0v) is 16.5. The molecule has 0 spiro atoms. The number of carbonyl (C=O) groups excluding carboxylic acids is 2. The van der Waals surface area contributed by atoms with Crippen LogP contribution in [0.5, 0.6) is 11.5 Å². The molecule has 0 unspecified atom stereocenters. The van der Waals surface area contributed by atoms with E-state index < -0.39 is 12.1 Å². The van der Waals surface area contributed by atoms with Crippen LogP contribution >= 0.6 is 0 Å². The van der Waals surface area contributed by atoms with Crippen molar-refractivity contribution in [2.75, 3.05) is 32.6 Å². The number of rotatable bonds is 6. The molecule has 1 aromatic heterocycles. The van der Waals surface area contributed by atoms with Crippen molar-refractivity contribution >= 4 is 28.5 Å². The van der Waals surface area contributed by atoms with E-state index in [-0.39, 0.29) is 48.3 Å². The van der Waals surface area contributed by atoms with Gasteiger partial charge in [0.25, 0.3) is 5.91 Å². The molecule has 1 fully saturated rings. The zero-order valence-electron chi connectivity index (χ0n) is 16.5. The predicted octanol–water partition coefficient (Wildman–Crippen LogP) is 1.88. The number of hydrogen-bond acceptors (Lipinski definition) is 6. The van der Waals surface area contributed by atoms with Crippen molar-refractivity contribution in [1.82, 2.24) is 19.9 Å². The third kappa shape index (κ3) is 3.76. The third-order valence-corrected chi connectivity index (χ3v) is 4.74. The van der Waals surface area contributed by atoms with Crippen LogP contribution in [-0.2, 0) is 11.3 Å². The second-order valence-electron chi connectivity index (χ2n) is 6.83. The Hall–Kier alpha value is -3.69. The number of aromatic nitrogens is 3. The van der Waals surface area contributed by atoms with E-state index in [0.717, 1.165) is 0 Å². The number of alkyl halides is 1. The van der Waals surface area contributed by atoms with Crippen molar-refractivity contribution < 1.29 is 23.5 Å². The molecule has 0 saturated carbocycles. The molecule has 30 heavy (non-hydrogen) atoms. The monoisotopic (exact) mass is 413 g/mol. The van der Waals surface area contributed by atoms with Crippen molar-refractivity contribution in [3.63, 3.8) is 0 Å². The highest BCUT2D eigenvalue weighted by atomic mass is 19.1. The maximum Gasteiger partial charge on any atom is 0.254 e. The summed E-state index contributed by atoms with van der Waals surface area (Å²) in [6, 6.07) is 10.3. The van der Waals surface area contributed by atoms with Crippen LogP contribution < -0.4 is 14.8 Å². The van der Waals surface area contributed by atoms with Crippen LogP contribution in [0, 0.1) is 0 Å². The van der Waals surface area contributed by atoms with Crippen molar-refractivity contribution in [3.8, 4) is 11.5 Å². The van der Waals surface area contributed by atoms with Crippen LogP contribution in [0.3, 0.4) is 0 Å². The molecule has 0 atom stereocenters. The van der Waals surface area contributed by atoms with E-state index in [1.54, 1.807) is 12.1 Å². The predicted molar refractivity (Wildman–Crippen MR) is 107 cm³/mol. The van der Waals surface area contributed by atoms with E-state index in [0.29, 0.717) is 11.0 Å². The van der Waals surface area contributed by atoms with Crippen molar-refractivity contribution in [1.29, 1.82) is 0 Å². The smallest absolute Gasteiger partial charge is 0.254 e. The number of likely N-dealkylation sites (tertiary alicyclic amines) is 1. The van der Waals surface area contributed by atoms with E-state index in [9.17, 15) is 14.0 Å². The molecule has 2 heterocycles. The third-order valence-electron chi connectivity index (χ3n) is 4.74. The molecule has 0 radical (unpaired) electrons. The lowest BCUT2D eigenvalue weighted by atomic mass is 10.1. The largest absolute Gasteiger partial charge is 0.493 e. The van der Waals surface area contributed by atoms with Gasteiger partial charge in [0.05, 0.1) is 33.0 Å². The number of methoxy groups -OCH3 is 2. The Bertz CT molecular complexity index is 1080. The van der Waals surface area contributed by atoms with Gasteiger partial charge < -0.3 is 19.7 Å². The van der Waals surface area contributed by atoms with Crippen LogP contribution in [0.15, 0.2) is 36.4 Å². The number of ether oxygens (including phenoxy) is 2. The summed E-state index contributed by atoms with van der Waals surface area (Å²) in [6.45, 7) is -0.0330. The molecule has 2 amide bonds. The molecular formula is C20H20FN5O4. The van der Waals surface area contributed by atoms with E-state index in [4.69, 9.17) is 9.47 Å². The van der Waals surface area contributed by atoms with Crippen LogP contribution in [0.25, 0.3) is 11.0 Å². The number of fused-ring (bicyclic) bond motifs is 1. The van der Waals surface area contributed by atoms with E-state index >= 15 is 0 Å². The summed E-state index contributed by atoms with van der Waals surface area (Å²) in [4.78, 5) is 27.9. The molecule has 0 bridgehead atoms. The van der Waals surface area contributed by atoms with Crippen LogP contribution in [0.4, 0.5) is 10.1 Å². The van der Waals surface area contributed by atoms with Gasteiger partial charge in [-0.15, -0.1) is 0 Å². The minimum absolute atomic E-state index is 0.0490. The Labute approximate surface area is 171 Å². The first kappa shape index (κ1) is 19.6. The zero-order chi connectivity index (χ0) is 21.3. The van der Waals surface area contributed by atoms with Gasteiger partial charge in [0.15, 0.2) is 11.5 Å². The molecular weight excluding hydrogens is 393 g/mol. The number of nitrogens with zero attached hydrogens (tertiary/aromatic N) is 4. The van der Waals surface area contributed by atoms with Gasteiger partial charge in [-0.25, -0.2) is 4.39 Å². The quantitative estimate of drug-likeness (QED) is 0.663. The number of benzene rings is 2. The Morgan fingerprint density at radius 2 is 1.80 bits per heavy atom. The lowest BCUT2D eigenvalue weighted by Crippen LogP contribution is -2.51. The fourth-order valence-electron chi connectivity index (χ4n) is 3.25. The number of nitrogens with one attached hydrogen (secondary N) is 1. The normalized spacial score (nSPS) is 13.8. The first-order chi connectivity index (χ1) is 14.5. The summed E-state index contributed by atoms with van der Waals surface area (Å²) in [5, 5.41) is 11.2. The Morgan fingerprint density at radius 1 is 1.13 bits per heavy atom. The summed E-state index contributed by atoms with van der Waals surface area (Å²) < 4.78 is 23.8. The molecule has 156 valence electrons. The van der Waals surface area contributed by atoms with Gasteiger partial charge in [-0.3, -0.25) is 9.59 Å². The van der Waals surface area contributed by atoms with E-state index in [2.05, 4.69) is 15.5 Å². The number of carbonyl (C=O) groups is 2. The number of hydrogen-bond donors (Lipinski definition) is 1. The van der Waals surface area contributed by atoms with Crippen LogP contribution in [0.2, 0.25) is 0 Å². The second-order valence-corrected chi connectivity index (χ2v) is 6.83. The first-order valence-electron chi connectivity index (χ1n) is 9.27. The van der Waals surface area contributed by atoms with Crippen molar-refractivity contribution in [3.05, 3.63) is 42.0 Å². The Balaban J connectivity index is 1.57. The van der Waals surface area contributed by atoms with Crippen molar-refractivity contribution in [2.24, 2.45) is 0 Å². The SMILES string of the molecule is COc1cc(C(=O)N2CC(F)C2)cc(NC(=O)Cn2nc3ccccc3n2)c1OC. The molecule has 0 aliphatic carbocycles. The fraction of sp³-hybridized carbons (Fsp3) is 0.300. The van der Waals surface area contributed by atoms with E-state index in [1.807, 2.05) is 12.1 Å². The Kier molecular flexibility index (Phi) is 5.21. The number of halogens is 1. The van der Waals surface area contributed by atoms with Gasteiger partial charge >= 0.3 is 0 Å². The lowest BCUT2D eigenvalue weighted by Gasteiger charge is -2.34. The van der Waals surface area contributed by atoms with Gasteiger partial charge in [0, 0.05) is 5.56 Å². The minimum atomic E-state index is -1.01. The highest BCUT2D eigenvalue weighted by Crippen LogP contribution is 2.37. The maximum atomic E-state index is 13.1. The average molecular weight is 413 g/mol. The summed E-state index contributed by atoms with van der Waals surface area (Å²) in [7, 11) is 2.86. The number of amides is 2. The standard InChI is InChI=1S/C20H20FN5O4/c1-29-17-8-12(20(28)25-9-13(21)10-25)7-16(19(17)30-2)22-18(27)11-26-23-14-5-3-4-6-15(14)24-26/h3-8,13H,9-11H2,1-2H3,(H,22,27). The van der Waals surface area contributed by atoms with Gasteiger partial charge in [-0.2, -0.15) is 15.0 Å². The molecule has 1 aliphatic rings. The molecule has 1 aliphatic heterocycles. The van der Waals surface area contributed by atoms with Gasteiger partial charge in [-0.05, 0) is 24.3 Å². The highest BCUT2D eigenvalue weighted by Gasteiger charge is 2.32. The van der Waals surface area contributed by atoms with Crippen molar-refractivity contribution in [2.45, 2.75) is 12.7 Å². The highest BCUT2D eigenvalue weighted by molar-refractivity contribution is 5.99. The number of anilines is 1. The van der Waals surface area contributed by atoms with Crippen LogP contribution in [-0.4, -0.2) is 65.2 Å². The lowest BCUT2D eigenvalue weighted by molar-refractivity contribution is -0.117. The topological polar surface area (TPSA) is 98.6 Å². The molecule has 3 aromatic rings. The average Bonchev–Trinajstić information content (AvgIpc) is 3.12. The Morgan fingerprint density at radius 3 is 2.37 bits per heavy atom. The first-order valence-corrected chi connectivity index (χ1v) is 9.27. The summed E-state index contributed by atoms with van der Waals surface area (Å²) in [5.41, 5.74) is 1.88. The summed E-state index contributed by atoms with van der Waals surface area (Å²) in [6.07, 6.45) is -1.01. The van der Waals surface area contributed by atoms with Gasteiger partial charge in [0.1, 0.15) is 23.7 Å². The molecule has 4 rings (SSSR count). The van der Waals surface area contributed by atoms with E-state index in [1.165, 1.54) is 36.0 Å². The summed E-state index contributed by atoms with van der Waals surface area (Å²) >= 11 is 0. The molecule has 9 nitrogen and oxygen atoms in total. The molecule has 10 heteroatoms. The summed E-state index contributed by atoms with van der Waals surface area (Å²) in [5.74, 6) is -0.208. The maximum absolute atomic E-state index is 13.1. The molecule has 1 saturated heterocycles. The van der Waals surface area contributed by atoms with Crippen LogP contribution in [0.1, 0.15) is 10.4 Å². The fourth-order valence-corrected chi connectivity index (χ4v) is 3.25.